The molecule has 38 heavy (non-hydrogen) atoms. The molecule has 0 unspecified atom stereocenters. The molecule has 0 radical (unpaired) electrons. The summed E-state index contributed by atoms with van der Waals surface area (Å²) in [6.07, 6.45) is 5.84. The summed E-state index contributed by atoms with van der Waals surface area (Å²) in [4.78, 5) is 23.7. The van der Waals surface area contributed by atoms with Crippen LogP contribution in [0.4, 0.5) is 5.69 Å². The van der Waals surface area contributed by atoms with Gasteiger partial charge in [0.1, 0.15) is 17.8 Å². The van der Waals surface area contributed by atoms with E-state index < -0.39 is 0 Å². The zero-order valence-corrected chi connectivity index (χ0v) is 22.4. The molecule has 8 heteroatoms. The Bertz CT molecular complexity index is 1320. The van der Waals surface area contributed by atoms with Crippen LogP contribution in [0.5, 0.6) is 5.75 Å². The molecule has 4 rings (SSSR count). The second-order valence-electron chi connectivity index (χ2n) is 9.66. The maximum absolute atomic E-state index is 13.1. The Kier molecular flexibility index (Phi) is 8.93. The van der Waals surface area contributed by atoms with Crippen molar-refractivity contribution >= 4 is 22.4 Å². The van der Waals surface area contributed by atoms with Gasteiger partial charge in [0.2, 0.25) is 0 Å². The number of benzene rings is 2. The highest BCUT2D eigenvalue weighted by molar-refractivity contribution is 5.97. The van der Waals surface area contributed by atoms with Crippen molar-refractivity contribution in [3.63, 3.8) is 0 Å². The minimum Gasteiger partial charge on any atom is -0.495 e. The molecular formula is C30H36N6O2. The molecule has 1 saturated carbocycles. The van der Waals surface area contributed by atoms with Gasteiger partial charge in [0.05, 0.1) is 18.9 Å². The molecule has 3 atom stereocenters. The Morgan fingerprint density at radius 2 is 2.00 bits per heavy atom. The van der Waals surface area contributed by atoms with Gasteiger partial charge in [0.15, 0.2) is 0 Å². The molecule has 1 heterocycles. The number of hydrogen-bond acceptors (Lipinski definition) is 7. The van der Waals surface area contributed by atoms with Gasteiger partial charge in [-0.3, -0.25) is 4.79 Å². The summed E-state index contributed by atoms with van der Waals surface area (Å²) in [5.74, 6) is 0.653. The monoisotopic (exact) mass is 512 g/mol. The fourth-order valence-electron chi connectivity index (χ4n) is 5.56. The number of methoxy groups -OCH3 is 1. The van der Waals surface area contributed by atoms with Gasteiger partial charge in [0, 0.05) is 41.7 Å². The molecule has 0 saturated heterocycles. The Morgan fingerprint density at radius 1 is 1.21 bits per heavy atom. The average Bonchev–Trinajstić information content (AvgIpc) is 2.96. The van der Waals surface area contributed by atoms with E-state index in [9.17, 15) is 10.1 Å². The normalized spacial score (nSPS) is 19.1. The quantitative estimate of drug-likeness (QED) is 0.372. The summed E-state index contributed by atoms with van der Waals surface area (Å²) in [6, 6.07) is 14.6. The Balaban J connectivity index is 1.72. The van der Waals surface area contributed by atoms with E-state index in [0.717, 1.165) is 54.4 Å². The van der Waals surface area contributed by atoms with E-state index in [4.69, 9.17) is 4.74 Å². The third-order valence-electron chi connectivity index (χ3n) is 7.57. The molecule has 1 fully saturated rings. The summed E-state index contributed by atoms with van der Waals surface area (Å²) in [6.45, 7) is 10.5. The number of fused-ring (bicyclic) bond motifs is 1. The first-order valence-electron chi connectivity index (χ1n) is 13.2. The van der Waals surface area contributed by atoms with Crippen LogP contribution in [0.25, 0.3) is 10.8 Å². The number of amides is 1. The second-order valence-corrected chi connectivity index (χ2v) is 9.66. The van der Waals surface area contributed by atoms with Crippen LogP contribution in [-0.2, 0) is 0 Å². The van der Waals surface area contributed by atoms with Crippen molar-refractivity contribution in [3.05, 3.63) is 72.3 Å². The van der Waals surface area contributed by atoms with Crippen molar-refractivity contribution in [2.45, 2.75) is 51.1 Å². The Hall–Kier alpha value is -3.96. The van der Waals surface area contributed by atoms with Crippen molar-refractivity contribution < 1.29 is 9.53 Å². The molecule has 3 aromatic rings. The van der Waals surface area contributed by atoms with Crippen LogP contribution in [-0.4, -0.2) is 59.6 Å². The lowest BCUT2D eigenvalue weighted by molar-refractivity contribution is 0.0883. The van der Waals surface area contributed by atoms with Crippen LogP contribution in [0.2, 0.25) is 0 Å². The number of aromatic nitrogens is 2. The average molecular weight is 513 g/mol. The van der Waals surface area contributed by atoms with Gasteiger partial charge in [-0.15, -0.1) is 0 Å². The molecule has 1 aliphatic carbocycles. The third-order valence-corrected chi connectivity index (χ3v) is 7.57. The number of nitrogens with zero attached hydrogens (tertiary/aromatic N) is 4. The predicted molar refractivity (Wildman–Crippen MR) is 150 cm³/mol. The van der Waals surface area contributed by atoms with Gasteiger partial charge in [-0.1, -0.05) is 38.6 Å². The zero-order valence-electron chi connectivity index (χ0n) is 22.4. The fourth-order valence-corrected chi connectivity index (χ4v) is 5.56. The molecule has 2 aromatic carbocycles. The van der Waals surface area contributed by atoms with Crippen molar-refractivity contribution in [2.24, 2.45) is 0 Å². The van der Waals surface area contributed by atoms with Crippen LogP contribution in [0, 0.1) is 11.3 Å². The van der Waals surface area contributed by atoms with E-state index in [-0.39, 0.29) is 17.9 Å². The highest BCUT2D eigenvalue weighted by atomic mass is 16.5. The summed E-state index contributed by atoms with van der Waals surface area (Å²) in [5.41, 5.74) is 2.82. The minimum atomic E-state index is -0.177. The number of carbonyl (C=O) groups excluding carboxylic acids is 1. The van der Waals surface area contributed by atoms with Gasteiger partial charge in [-0.05, 0) is 61.5 Å². The van der Waals surface area contributed by atoms with Crippen molar-refractivity contribution in [1.82, 2.24) is 20.2 Å². The fraction of sp³-hybridized carbons (Fsp3) is 0.400. The standard InChI is InChI=1S/C30H36N6O2/c1-5-36(6-2)23-10-11-26(35-30(37)27-13-14-32-19-34-27)24(16-23)22-8-7-21-9-12-28(38-4)29(25(21)15-22)33-18-20(3)17-31/h7-9,12-15,19,23-24,26,33H,3,5-6,10-11,16,18H2,1-2,4H3,(H,35,37)/t23-,24-,26-/m1/s1. The van der Waals surface area contributed by atoms with E-state index in [1.165, 1.54) is 6.33 Å². The molecule has 2 N–H and O–H groups in total. The molecule has 0 bridgehead atoms. The summed E-state index contributed by atoms with van der Waals surface area (Å²) < 4.78 is 5.65. The SMILES string of the molecule is C=C(C#N)CNc1c(OC)ccc2ccc([C@H]3C[C@H](N(CC)CC)CC[C@H]3NC(=O)c3ccncn3)cc12. The molecule has 198 valence electrons. The lowest BCUT2D eigenvalue weighted by Crippen LogP contribution is -2.48. The van der Waals surface area contributed by atoms with Crippen LogP contribution < -0.4 is 15.4 Å². The number of nitrogens with one attached hydrogen (secondary N) is 2. The lowest BCUT2D eigenvalue weighted by atomic mass is 9.76. The van der Waals surface area contributed by atoms with Crippen molar-refractivity contribution in [3.8, 4) is 11.8 Å². The van der Waals surface area contributed by atoms with Crippen LogP contribution >= 0.6 is 0 Å². The molecule has 0 spiro atoms. The third kappa shape index (κ3) is 5.95. The van der Waals surface area contributed by atoms with E-state index >= 15 is 0 Å². The first kappa shape index (κ1) is 27.1. The number of nitriles is 1. The number of hydrogen-bond donors (Lipinski definition) is 2. The van der Waals surface area contributed by atoms with E-state index in [1.54, 1.807) is 19.4 Å². The number of ether oxygens (including phenoxy) is 1. The number of anilines is 1. The van der Waals surface area contributed by atoms with E-state index in [1.807, 2.05) is 12.1 Å². The zero-order chi connectivity index (χ0) is 27.1. The Labute approximate surface area is 224 Å². The van der Waals surface area contributed by atoms with E-state index in [2.05, 4.69) is 70.2 Å². The molecule has 1 aromatic heterocycles. The van der Waals surface area contributed by atoms with Crippen LogP contribution in [0.1, 0.15) is 55.1 Å². The highest BCUT2D eigenvalue weighted by Crippen LogP contribution is 2.40. The summed E-state index contributed by atoms with van der Waals surface area (Å²) in [7, 11) is 1.64. The van der Waals surface area contributed by atoms with Gasteiger partial charge in [0.25, 0.3) is 5.91 Å². The minimum absolute atomic E-state index is 0.0258. The Morgan fingerprint density at radius 3 is 2.68 bits per heavy atom. The summed E-state index contributed by atoms with van der Waals surface area (Å²) in [5, 5.41) is 17.9. The number of carbonyl (C=O) groups is 1. The molecule has 1 amide bonds. The largest absolute Gasteiger partial charge is 0.495 e. The first-order chi connectivity index (χ1) is 18.5. The van der Waals surface area contributed by atoms with Gasteiger partial charge >= 0.3 is 0 Å². The maximum atomic E-state index is 13.1. The van der Waals surface area contributed by atoms with Crippen LogP contribution in [0.3, 0.4) is 0 Å². The number of rotatable bonds is 10. The topological polar surface area (TPSA) is 103 Å². The van der Waals surface area contributed by atoms with Crippen molar-refractivity contribution in [1.29, 1.82) is 5.26 Å². The van der Waals surface area contributed by atoms with E-state index in [0.29, 0.717) is 29.6 Å². The lowest BCUT2D eigenvalue weighted by Gasteiger charge is -2.41. The highest BCUT2D eigenvalue weighted by Gasteiger charge is 2.35. The maximum Gasteiger partial charge on any atom is 0.270 e. The van der Waals surface area contributed by atoms with Gasteiger partial charge in [-0.25, -0.2) is 9.97 Å². The molecule has 8 nitrogen and oxygen atoms in total. The summed E-state index contributed by atoms with van der Waals surface area (Å²) >= 11 is 0. The molecule has 0 aliphatic heterocycles. The molecule has 1 aliphatic rings. The molecular weight excluding hydrogens is 476 g/mol. The van der Waals surface area contributed by atoms with Crippen molar-refractivity contribution in [2.75, 3.05) is 32.1 Å². The smallest absolute Gasteiger partial charge is 0.270 e. The predicted octanol–water partition coefficient (Wildman–Crippen LogP) is 4.91. The second kappa shape index (κ2) is 12.5. The van der Waals surface area contributed by atoms with Gasteiger partial charge in [-0.2, -0.15) is 5.26 Å². The first-order valence-corrected chi connectivity index (χ1v) is 13.2. The van der Waals surface area contributed by atoms with Gasteiger partial charge < -0.3 is 20.3 Å². The van der Waals surface area contributed by atoms with Crippen LogP contribution in [0.15, 0.2) is 61.1 Å².